The number of rotatable bonds is 6. The number of nitrogens with one attached hydrogen (secondary N) is 1. The average Bonchev–Trinajstić information content (AvgIpc) is 2.55. The minimum atomic E-state index is 0.232. The van der Waals surface area contributed by atoms with E-state index in [0.717, 1.165) is 56.9 Å². The Labute approximate surface area is 139 Å². The van der Waals surface area contributed by atoms with Crippen LogP contribution < -0.4 is 4.90 Å². The lowest BCUT2D eigenvalue weighted by atomic mass is 9.95. The number of benzene rings is 1. The van der Waals surface area contributed by atoms with Gasteiger partial charge in [0.25, 0.3) is 0 Å². The summed E-state index contributed by atoms with van der Waals surface area (Å²) in [7, 11) is 1.95. The van der Waals surface area contributed by atoms with Crippen LogP contribution in [0.4, 0.5) is 0 Å². The number of quaternary nitrogens is 1. The highest BCUT2D eigenvalue weighted by molar-refractivity contribution is 6.30. The molecule has 0 bridgehead atoms. The van der Waals surface area contributed by atoms with E-state index < -0.39 is 0 Å². The fourth-order valence-corrected chi connectivity index (χ4v) is 3.28. The van der Waals surface area contributed by atoms with E-state index >= 15 is 0 Å². The third-order valence-corrected chi connectivity index (χ3v) is 4.88. The number of amides is 1. The molecule has 1 N–H and O–H groups in total. The second-order valence-corrected chi connectivity index (χ2v) is 6.88. The number of carbonyl (C=O) groups excluding carboxylic acids is 1. The van der Waals surface area contributed by atoms with Crippen molar-refractivity contribution in [1.29, 1.82) is 0 Å². The number of likely N-dealkylation sites (tertiary alicyclic amines) is 1. The molecule has 0 unspecified atom stereocenters. The predicted molar refractivity (Wildman–Crippen MR) is 91.1 cm³/mol. The zero-order valence-corrected chi connectivity index (χ0v) is 14.5. The molecule has 1 saturated heterocycles. The van der Waals surface area contributed by atoms with Crippen molar-refractivity contribution in [2.24, 2.45) is 5.92 Å². The molecule has 2 rings (SSSR count). The Morgan fingerprint density at radius 3 is 2.50 bits per heavy atom. The molecule has 0 radical (unpaired) electrons. The van der Waals surface area contributed by atoms with Crippen LogP contribution >= 0.6 is 11.6 Å². The Morgan fingerprint density at radius 1 is 1.27 bits per heavy atom. The molecule has 1 aliphatic heterocycles. The number of halogens is 1. The standard InChI is InChI=1S/C18H27ClN2O/c1-3-4-11-20(2)18(22)16-9-12-21(13-10-16)14-15-5-7-17(19)8-6-15/h5-8,16H,3-4,9-14H2,1-2H3/p+1. The van der Waals surface area contributed by atoms with E-state index in [4.69, 9.17) is 11.6 Å². The van der Waals surface area contributed by atoms with Gasteiger partial charge in [-0.15, -0.1) is 0 Å². The highest BCUT2D eigenvalue weighted by atomic mass is 35.5. The molecular formula is C18H28ClN2O+. The minimum Gasteiger partial charge on any atom is -0.346 e. The second kappa shape index (κ2) is 8.54. The van der Waals surface area contributed by atoms with Gasteiger partial charge in [-0.1, -0.05) is 37.1 Å². The van der Waals surface area contributed by atoms with Crippen LogP contribution in [0.3, 0.4) is 0 Å². The Bertz CT molecular complexity index is 466. The van der Waals surface area contributed by atoms with E-state index in [1.54, 1.807) is 4.90 Å². The van der Waals surface area contributed by atoms with Crippen LogP contribution in [0, 0.1) is 5.92 Å². The minimum absolute atomic E-state index is 0.232. The molecule has 1 aliphatic rings. The first-order valence-corrected chi connectivity index (χ1v) is 8.81. The summed E-state index contributed by atoms with van der Waals surface area (Å²) < 4.78 is 0. The third kappa shape index (κ3) is 4.99. The Balaban J connectivity index is 1.77. The van der Waals surface area contributed by atoms with Crippen LogP contribution in [0.15, 0.2) is 24.3 Å². The molecule has 3 nitrogen and oxygen atoms in total. The second-order valence-electron chi connectivity index (χ2n) is 6.44. The highest BCUT2D eigenvalue weighted by Crippen LogP contribution is 2.14. The lowest BCUT2D eigenvalue weighted by molar-refractivity contribution is -0.919. The molecule has 1 aromatic carbocycles. The van der Waals surface area contributed by atoms with Crippen LogP contribution in [0.25, 0.3) is 0 Å². The van der Waals surface area contributed by atoms with Crippen LogP contribution in [0.5, 0.6) is 0 Å². The van der Waals surface area contributed by atoms with Gasteiger partial charge in [0.15, 0.2) is 0 Å². The maximum absolute atomic E-state index is 12.4. The summed E-state index contributed by atoms with van der Waals surface area (Å²) in [6.07, 6.45) is 4.26. The van der Waals surface area contributed by atoms with Gasteiger partial charge in [0.2, 0.25) is 5.91 Å². The monoisotopic (exact) mass is 323 g/mol. The van der Waals surface area contributed by atoms with E-state index in [1.165, 1.54) is 5.56 Å². The van der Waals surface area contributed by atoms with Gasteiger partial charge in [0.05, 0.1) is 13.1 Å². The van der Waals surface area contributed by atoms with E-state index in [2.05, 4.69) is 19.1 Å². The van der Waals surface area contributed by atoms with E-state index in [0.29, 0.717) is 5.91 Å². The Kier molecular flexibility index (Phi) is 6.71. The average molecular weight is 324 g/mol. The summed E-state index contributed by atoms with van der Waals surface area (Å²) in [5, 5.41) is 0.790. The highest BCUT2D eigenvalue weighted by Gasteiger charge is 2.29. The fourth-order valence-electron chi connectivity index (χ4n) is 3.16. The number of hydrogen-bond donors (Lipinski definition) is 1. The summed E-state index contributed by atoms with van der Waals surface area (Å²) in [6, 6.07) is 8.11. The van der Waals surface area contributed by atoms with Crippen molar-refractivity contribution in [2.75, 3.05) is 26.7 Å². The molecule has 0 spiro atoms. The molecule has 0 atom stereocenters. The molecule has 1 fully saturated rings. The molecule has 1 amide bonds. The predicted octanol–water partition coefficient (Wildman–Crippen LogP) is 2.39. The van der Waals surface area contributed by atoms with Crippen molar-refractivity contribution in [3.8, 4) is 0 Å². The molecule has 1 aromatic rings. The van der Waals surface area contributed by atoms with Crippen molar-refractivity contribution in [3.05, 3.63) is 34.9 Å². The van der Waals surface area contributed by atoms with Crippen LogP contribution in [0.1, 0.15) is 38.2 Å². The molecular weight excluding hydrogens is 296 g/mol. The van der Waals surface area contributed by atoms with Gasteiger partial charge < -0.3 is 9.80 Å². The molecule has 1 heterocycles. The number of carbonyl (C=O) groups is 1. The van der Waals surface area contributed by atoms with Gasteiger partial charge in [0.1, 0.15) is 6.54 Å². The summed E-state index contributed by atoms with van der Waals surface area (Å²) >= 11 is 5.93. The number of hydrogen-bond acceptors (Lipinski definition) is 1. The maximum atomic E-state index is 12.4. The van der Waals surface area contributed by atoms with Crippen molar-refractivity contribution in [3.63, 3.8) is 0 Å². The number of piperidine rings is 1. The SMILES string of the molecule is CCCCN(C)C(=O)C1CC[NH+](Cc2ccc(Cl)cc2)CC1. The molecule has 0 saturated carbocycles. The lowest BCUT2D eigenvalue weighted by Gasteiger charge is -2.31. The Hall–Kier alpha value is -1.06. The van der Waals surface area contributed by atoms with E-state index in [-0.39, 0.29) is 5.92 Å². The van der Waals surface area contributed by atoms with Gasteiger partial charge in [0, 0.05) is 42.9 Å². The van der Waals surface area contributed by atoms with Crippen LogP contribution in [0.2, 0.25) is 5.02 Å². The molecule has 0 aromatic heterocycles. The zero-order chi connectivity index (χ0) is 15.9. The third-order valence-electron chi connectivity index (χ3n) is 4.63. The molecule has 4 heteroatoms. The van der Waals surface area contributed by atoms with Crippen molar-refractivity contribution >= 4 is 17.5 Å². The molecule has 122 valence electrons. The Morgan fingerprint density at radius 2 is 1.91 bits per heavy atom. The zero-order valence-electron chi connectivity index (χ0n) is 13.8. The van der Waals surface area contributed by atoms with Crippen LogP contribution in [-0.4, -0.2) is 37.5 Å². The maximum Gasteiger partial charge on any atom is 0.225 e. The quantitative estimate of drug-likeness (QED) is 0.854. The first-order valence-electron chi connectivity index (χ1n) is 8.43. The van der Waals surface area contributed by atoms with E-state index in [1.807, 2.05) is 24.1 Å². The first kappa shape index (κ1) is 17.3. The summed E-state index contributed by atoms with van der Waals surface area (Å²) in [5.41, 5.74) is 1.32. The topological polar surface area (TPSA) is 24.8 Å². The lowest BCUT2D eigenvalue weighted by Crippen LogP contribution is -3.11. The van der Waals surface area contributed by atoms with Crippen molar-refractivity contribution < 1.29 is 9.69 Å². The van der Waals surface area contributed by atoms with Crippen LogP contribution in [-0.2, 0) is 11.3 Å². The van der Waals surface area contributed by atoms with Gasteiger partial charge in [-0.3, -0.25) is 4.79 Å². The first-order chi connectivity index (χ1) is 10.6. The number of unbranched alkanes of at least 4 members (excludes halogenated alkanes) is 1. The van der Waals surface area contributed by atoms with Crippen molar-refractivity contribution in [2.45, 2.75) is 39.2 Å². The molecule has 22 heavy (non-hydrogen) atoms. The van der Waals surface area contributed by atoms with Gasteiger partial charge in [-0.2, -0.15) is 0 Å². The smallest absolute Gasteiger partial charge is 0.225 e. The molecule has 0 aliphatic carbocycles. The number of nitrogens with zero attached hydrogens (tertiary/aromatic N) is 1. The summed E-state index contributed by atoms with van der Waals surface area (Å²) in [4.78, 5) is 15.9. The summed E-state index contributed by atoms with van der Waals surface area (Å²) in [5.74, 6) is 0.579. The van der Waals surface area contributed by atoms with Crippen molar-refractivity contribution in [1.82, 2.24) is 4.90 Å². The summed E-state index contributed by atoms with van der Waals surface area (Å²) in [6.45, 7) is 6.26. The van der Waals surface area contributed by atoms with E-state index in [9.17, 15) is 4.79 Å². The largest absolute Gasteiger partial charge is 0.346 e. The van der Waals surface area contributed by atoms with Gasteiger partial charge in [-0.05, 0) is 18.6 Å². The fraction of sp³-hybridized carbons (Fsp3) is 0.611. The normalized spacial score (nSPS) is 21.6. The van der Waals surface area contributed by atoms with Gasteiger partial charge in [-0.25, -0.2) is 0 Å². The van der Waals surface area contributed by atoms with Gasteiger partial charge >= 0.3 is 0 Å².